The Kier molecular flexibility index (Phi) is 0.982. The van der Waals surface area contributed by atoms with Crippen LogP contribution >= 0.6 is 0 Å². The molecule has 1 aliphatic rings. The molecule has 0 saturated carbocycles. The molecule has 40 valence electrons. The molecule has 3 heteroatoms. The van der Waals surface area contributed by atoms with Crippen molar-refractivity contribution in [2.45, 2.75) is 13.0 Å². The van der Waals surface area contributed by atoms with E-state index in [1.807, 2.05) is 18.3 Å². The highest BCUT2D eigenvalue weighted by molar-refractivity contribution is 5.64. The van der Waals surface area contributed by atoms with Gasteiger partial charge in [0.2, 0.25) is 0 Å². The van der Waals surface area contributed by atoms with Gasteiger partial charge in [-0.15, -0.1) is 0 Å². The van der Waals surface area contributed by atoms with E-state index < -0.39 is 0 Å². The molecule has 1 unspecified atom stereocenters. The van der Waals surface area contributed by atoms with Crippen molar-refractivity contribution in [1.29, 1.82) is 0 Å². The number of hydrogen-bond donors (Lipinski definition) is 1. The summed E-state index contributed by atoms with van der Waals surface area (Å²) in [5, 5.41) is 5.73. The molecule has 0 radical (unpaired) electrons. The summed E-state index contributed by atoms with van der Waals surface area (Å²) in [5.41, 5.74) is 2.77. The lowest BCUT2D eigenvalue weighted by molar-refractivity contribution is 0.250. The van der Waals surface area contributed by atoms with Gasteiger partial charge in [-0.05, 0) is 6.92 Å². The molecule has 1 rings (SSSR count). The van der Waals surface area contributed by atoms with Gasteiger partial charge in [0.05, 0.1) is 6.04 Å². The van der Waals surface area contributed by atoms with E-state index in [-0.39, 0.29) is 0 Å². The fourth-order valence-electron chi connectivity index (χ4n) is 0.423. The summed E-state index contributed by atoms with van der Waals surface area (Å²) < 4.78 is 0. The molecule has 7 heavy (non-hydrogen) atoms. The Morgan fingerprint density at radius 3 is 2.71 bits per heavy atom. The zero-order valence-corrected chi connectivity index (χ0v) is 4.55. The van der Waals surface area contributed by atoms with Crippen molar-refractivity contribution >= 4 is 6.21 Å². The molecule has 1 atom stereocenters. The number of rotatable bonds is 0. The van der Waals surface area contributed by atoms with E-state index >= 15 is 0 Å². The van der Waals surface area contributed by atoms with Crippen molar-refractivity contribution in [2.24, 2.45) is 5.10 Å². The van der Waals surface area contributed by atoms with Crippen molar-refractivity contribution in [3.63, 3.8) is 0 Å². The topological polar surface area (TPSA) is 27.6 Å². The fraction of sp³-hybridized carbons (Fsp3) is 0.750. The first-order valence-electron chi connectivity index (χ1n) is 2.32. The SMILES string of the molecule is CC1C=NNN1C. The molecule has 1 aliphatic heterocycles. The van der Waals surface area contributed by atoms with E-state index in [2.05, 4.69) is 17.6 Å². The van der Waals surface area contributed by atoms with Crippen LogP contribution in [0.15, 0.2) is 5.10 Å². The van der Waals surface area contributed by atoms with Crippen molar-refractivity contribution in [3.8, 4) is 0 Å². The van der Waals surface area contributed by atoms with Crippen molar-refractivity contribution in [2.75, 3.05) is 7.05 Å². The summed E-state index contributed by atoms with van der Waals surface area (Å²) in [5.74, 6) is 0. The molecule has 0 aliphatic carbocycles. The molecular formula is C4H9N3. The number of hydrogen-bond acceptors (Lipinski definition) is 3. The molecular weight excluding hydrogens is 90.1 g/mol. The Morgan fingerprint density at radius 1 is 1.86 bits per heavy atom. The Hall–Kier alpha value is -0.570. The van der Waals surface area contributed by atoms with Gasteiger partial charge in [0.1, 0.15) is 0 Å². The molecule has 0 amide bonds. The largest absolute Gasteiger partial charge is 0.240 e. The van der Waals surface area contributed by atoms with Crippen LogP contribution in [0.25, 0.3) is 0 Å². The van der Waals surface area contributed by atoms with Gasteiger partial charge in [0.25, 0.3) is 0 Å². The van der Waals surface area contributed by atoms with Crippen LogP contribution in [0.1, 0.15) is 6.92 Å². The highest BCUT2D eigenvalue weighted by Gasteiger charge is 2.08. The summed E-state index contributed by atoms with van der Waals surface area (Å²) in [6.45, 7) is 2.07. The second kappa shape index (κ2) is 1.50. The monoisotopic (exact) mass is 99.1 g/mol. The summed E-state index contributed by atoms with van der Waals surface area (Å²) >= 11 is 0. The van der Waals surface area contributed by atoms with Crippen LogP contribution in [0, 0.1) is 0 Å². The molecule has 0 saturated heterocycles. The molecule has 0 aromatic rings. The Morgan fingerprint density at radius 2 is 2.57 bits per heavy atom. The van der Waals surface area contributed by atoms with Crippen molar-refractivity contribution in [3.05, 3.63) is 0 Å². The second-order valence-corrected chi connectivity index (χ2v) is 1.73. The molecule has 0 aromatic carbocycles. The molecule has 0 bridgehead atoms. The first kappa shape index (κ1) is 4.59. The fourth-order valence-corrected chi connectivity index (χ4v) is 0.423. The number of hydrazone groups is 1. The smallest absolute Gasteiger partial charge is 0.0645 e. The average molecular weight is 99.1 g/mol. The minimum Gasteiger partial charge on any atom is -0.240 e. The first-order chi connectivity index (χ1) is 3.30. The van der Waals surface area contributed by atoms with Gasteiger partial charge < -0.3 is 0 Å². The number of nitrogens with one attached hydrogen (secondary N) is 1. The molecule has 0 spiro atoms. The average Bonchev–Trinajstić information content (AvgIpc) is 1.91. The summed E-state index contributed by atoms with van der Waals surface area (Å²) in [6.07, 6.45) is 1.86. The predicted molar refractivity (Wildman–Crippen MR) is 28.9 cm³/mol. The van der Waals surface area contributed by atoms with Gasteiger partial charge in [0, 0.05) is 13.3 Å². The van der Waals surface area contributed by atoms with Gasteiger partial charge in [-0.1, -0.05) is 0 Å². The zero-order valence-electron chi connectivity index (χ0n) is 4.55. The van der Waals surface area contributed by atoms with Crippen LogP contribution < -0.4 is 5.53 Å². The van der Waals surface area contributed by atoms with Gasteiger partial charge in [-0.25, -0.2) is 10.5 Å². The number of hydrazine groups is 1. The van der Waals surface area contributed by atoms with E-state index in [1.54, 1.807) is 0 Å². The Labute approximate surface area is 43.0 Å². The van der Waals surface area contributed by atoms with Gasteiger partial charge in [0.15, 0.2) is 0 Å². The lowest BCUT2D eigenvalue weighted by atomic mass is 10.4. The van der Waals surface area contributed by atoms with Gasteiger partial charge in [-0.3, -0.25) is 0 Å². The number of nitrogens with zero attached hydrogens (tertiary/aromatic N) is 2. The lowest BCUT2D eigenvalue weighted by Crippen LogP contribution is -2.31. The Bertz CT molecular complexity index is 88.9. The molecule has 1 heterocycles. The molecule has 1 N–H and O–H groups in total. The normalized spacial score (nSPS) is 30.9. The van der Waals surface area contributed by atoms with Crippen LogP contribution in [-0.2, 0) is 0 Å². The van der Waals surface area contributed by atoms with Crippen LogP contribution in [-0.4, -0.2) is 24.3 Å². The quantitative estimate of drug-likeness (QED) is 0.456. The summed E-state index contributed by atoms with van der Waals surface area (Å²) in [4.78, 5) is 0. The lowest BCUT2D eigenvalue weighted by Gasteiger charge is -2.10. The molecule has 0 aromatic heterocycles. The molecule has 0 fully saturated rings. The van der Waals surface area contributed by atoms with Crippen molar-refractivity contribution in [1.82, 2.24) is 10.5 Å². The third kappa shape index (κ3) is 0.718. The highest BCUT2D eigenvalue weighted by atomic mass is 15.7. The van der Waals surface area contributed by atoms with Crippen LogP contribution in [0.4, 0.5) is 0 Å². The third-order valence-electron chi connectivity index (χ3n) is 1.12. The Balaban J connectivity index is 2.45. The van der Waals surface area contributed by atoms with E-state index in [0.29, 0.717) is 6.04 Å². The summed E-state index contributed by atoms with van der Waals surface area (Å²) in [6, 6.07) is 0.444. The first-order valence-corrected chi connectivity index (χ1v) is 2.32. The van der Waals surface area contributed by atoms with Crippen LogP contribution in [0.3, 0.4) is 0 Å². The minimum atomic E-state index is 0.444. The van der Waals surface area contributed by atoms with E-state index in [9.17, 15) is 0 Å². The van der Waals surface area contributed by atoms with E-state index in [1.165, 1.54) is 0 Å². The minimum absolute atomic E-state index is 0.444. The maximum atomic E-state index is 3.80. The van der Waals surface area contributed by atoms with Crippen LogP contribution in [0.5, 0.6) is 0 Å². The zero-order chi connectivity index (χ0) is 5.28. The standard InChI is InChI=1S/C4H9N3/c1-4-3-5-6-7(4)2/h3-4,6H,1-2H3. The molecule has 3 nitrogen and oxygen atoms in total. The van der Waals surface area contributed by atoms with E-state index in [0.717, 1.165) is 0 Å². The maximum Gasteiger partial charge on any atom is 0.0645 e. The van der Waals surface area contributed by atoms with Crippen molar-refractivity contribution < 1.29 is 0 Å². The highest BCUT2D eigenvalue weighted by Crippen LogP contribution is 1.91. The third-order valence-corrected chi connectivity index (χ3v) is 1.12. The predicted octanol–water partition coefficient (Wildman–Crippen LogP) is -0.189. The van der Waals surface area contributed by atoms with Gasteiger partial charge in [-0.2, -0.15) is 5.10 Å². The van der Waals surface area contributed by atoms with Crippen LogP contribution in [0.2, 0.25) is 0 Å². The summed E-state index contributed by atoms with van der Waals surface area (Å²) in [7, 11) is 1.96. The maximum absolute atomic E-state index is 3.80. The second-order valence-electron chi connectivity index (χ2n) is 1.73. The van der Waals surface area contributed by atoms with E-state index in [4.69, 9.17) is 0 Å². The van der Waals surface area contributed by atoms with Gasteiger partial charge >= 0.3 is 0 Å².